The molecule has 0 spiro atoms. The van der Waals surface area contributed by atoms with Crippen molar-refractivity contribution in [2.24, 2.45) is 0 Å². The fourth-order valence-corrected chi connectivity index (χ4v) is 4.99. The summed E-state index contributed by atoms with van der Waals surface area (Å²) in [7, 11) is -1.17. The molecule has 0 atom stereocenters. The number of hydrogen-bond acceptors (Lipinski definition) is 8. The molecule has 0 saturated heterocycles. The lowest BCUT2D eigenvalue weighted by Gasteiger charge is -2.15. The van der Waals surface area contributed by atoms with E-state index in [-0.39, 0.29) is 27.8 Å². The summed E-state index contributed by atoms with van der Waals surface area (Å²) in [6.07, 6.45) is 0. The van der Waals surface area contributed by atoms with Gasteiger partial charge in [-0.15, -0.1) is 0 Å². The van der Waals surface area contributed by atoms with E-state index in [1.165, 1.54) is 56.7 Å². The van der Waals surface area contributed by atoms with Gasteiger partial charge in [0.1, 0.15) is 17.3 Å². The topological polar surface area (TPSA) is 132 Å². The molecular formula is C29H24FN5O5S. The Balaban J connectivity index is 1.47. The van der Waals surface area contributed by atoms with Gasteiger partial charge in [0.25, 0.3) is 15.9 Å². The van der Waals surface area contributed by atoms with Crippen molar-refractivity contribution < 1.29 is 27.1 Å². The maximum absolute atomic E-state index is 13.5. The van der Waals surface area contributed by atoms with Crippen molar-refractivity contribution in [3.05, 3.63) is 102 Å². The number of carbonyl (C=O) groups is 1. The number of aromatic nitrogens is 2. The standard InChI is InChI=1S/C29H24FN5O5S/c1-39-22-14-21(15-23(17-22)40-2)31-27-28(34-26-12-4-3-11-25(26)33-27)35-41(37,38)24-10-6-9-20(16-24)32-29(36)18-7-5-8-19(30)13-18/h3-17H,1-2H3,(H,31,33)(H,32,36)(H,34,35). The zero-order valence-electron chi connectivity index (χ0n) is 21.9. The number of methoxy groups -OCH3 is 2. The molecule has 5 aromatic rings. The highest BCUT2D eigenvalue weighted by Crippen LogP contribution is 2.31. The Labute approximate surface area is 235 Å². The fraction of sp³-hybridized carbons (Fsp3) is 0.0690. The minimum Gasteiger partial charge on any atom is -0.497 e. The van der Waals surface area contributed by atoms with Crippen LogP contribution in [0.15, 0.2) is 95.9 Å². The van der Waals surface area contributed by atoms with Crippen molar-refractivity contribution in [2.75, 3.05) is 29.6 Å². The van der Waals surface area contributed by atoms with E-state index in [0.717, 1.165) is 6.07 Å². The maximum atomic E-state index is 13.5. The first-order chi connectivity index (χ1) is 19.7. The smallest absolute Gasteiger partial charge is 0.263 e. The van der Waals surface area contributed by atoms with Crippen LogP contribution in [0.3, 0.4) is 0 Å². The molecule has 0 aliphatic rings. The van der Waals surface area contributed by atoms with Crippen molar-refractivity contribution in [3.8, 4) is 11.5 Å². The van der Waals surface area contributed by atoms with Gasteiger partial charge in [-0.05, 0) is 48.5 Å². The molecule has 0 bridgehead atoms. The molecule has 0 unspecified atom stereocenters. The van der Waals surface area contributed by atoms with E-state index in [1.54, 1.807) is 42.5 Å². The van der Waals surface area contributed by atoms with Gasteiger partial charge in [0.15, 0.2) is 11.6 Å². The summed E-state index contributed by atoms with van der Waals surface area (Å²) in [6, 6.07) is 22.9. The van der Waals surface area contributed by atoms with Gasteiger partial charge in [-0.25, -0.2) is 22.8 Å². The SMILES string of the molecule is COc1cc(Nc2nc3ccccc3nc2NS(=O)(=O)c2cccc(NC(=O)c3cccc(F)c3)c2)cc(OC)c1. The summed E-state index contributed by atoms with van der Waals surface area (Å²) in [5, 5.41) is 5.69. The zero-order chi connectivity index (χ0) is 29.0. The molecule has 1 amide bonds. The second-order valence-corrected chi connectivity index (χ2v) is 10.4. The molecular weight excluding hydrogens is 549 g/mol. The maximum Gasteiger partial charge on any atom is 0.263 e. The average molecular weight is 574 g/mol. The van der Waals surface area contributed by atoms with Crippen molar-refractivity contribution in [1.82, 2.24) is 9.97 Å². The number of nitrogens with zero attached hydrogens (tertiary/aromatic N) is 2. The van der Waals surface area contributed by atoms with E-state index in [2.05, 4.69) is 25.3 Å². The van der Waals surface area contributed by atoms with Crippen LogP contribution < -0.4 is 24.8 Å². The Hall–Kier alpha value is -5.23. The lowest BCUT2D eigenvalue weighted by molar-refractivity contribution is 0.102. The number of hydrogen-bond donors (Lipinski definition) is 3. The molecule has 10 nitrogen and oxygen atoms in total. The zero-order valence-corrected chi connectivity index (χ0v) is 22.7. The normalized spacial score (nSPS) is 11.1. The van der Waals surface area contributed by atoms with Gasteiger partial charge in [0, 0.05) is 35.1 Å². The number of benzene rings is 4. The number of sulfonamides is 1. The van der Waals surface area contributed by atoms with Crippen LogP contribution in [0.25, 0.3) is 11.0 Å². The molecule has 208 valence electrons. The Kier molecular flexibility index (Phi) is 7.66. The van der Waals surface area contributed by atoms with E-state index in [1.807, 2.05) is 0 Å². The van der Waals surface area contributed by atoms with Crippen LogP contribution in [0.1, 0.15) is 10.4 Å². The van der Waals surface area contributed by atoms with Crippen LogP contribution in [0.2, 0.25) is 0 Å². The molecule has 0 fully saturated rings. The Morgan fingerprint density at radius 3 is 2.07 bits per heavy atom. The van der Waals surface area contributed by atoms with Crippen LogP contribution in [-0.2, 0) is 10.0 Å². The third-order valence-corrected chi connectivity index (χ3v) is 7.24. The molecule has 0 radical (unpaired) electrons. The molecule has 0 saturated carbocycles. The van der Waals surface area contributed by atoms with Gasteiger partial charge in [-0.2, -0.15) is 0 Å². The number of ether oxygens (including phenoxy) is 2. The number of rotatable bonds is 9. The van der Waals surface area contributed by atoms with Crippen LogP contribution in [0, 0.1) is 5.82 Å². The fourth-order valence-electron chi connectivity index (χ4n) is 3.93. The van der Waals surface area contributed by atoms with Gasteiger partial charge in [-0.1, -0.05) is 24.3 Å². The number of nitrogens with one attached hydrogen (secondary N) is 3. The number of para-hydroxylation sites is 2. The predicted octanol–water partition coefficient (Wildman–Crippen LogP) is 5.58. The first-order valence-electron chi connectivity index (χ1n) is 12.2. The second-order valence-electron chi connectivity index (χ2n) is 8.73. The quantitative estimate of drug-likeness (QED) is 0.208. The van der Waals surface area contributed by atoms with Crippen molar-refractivity contribution in [2.45, 2.75) is 4.90 Å². The monoisotopic (exact) mass is 573 g/mol. The van der Waals surface area contributed by atoms with E-state index in [9.17, 15) is 17.6 Å². The highest BCUT2D eigenvalue weighted by Gasteiger charge is 2.20. The molecule has 5 rings (SSSR count). The van der Waals surface area contributed by atoms with Crippen molar-refractivity contribution in [3.63, 3.8) is 0 Å². The van der Waals surface area contributed by atoms with Crippen LogP contribution in [0.5, 0.6) is 11.5 Å². The van der Waals surface area contributed by atoms with Crippen molar-refractivity contribution in [1.29, 1.82) is 0 Å². The lowest BCUT2D eigenvalue weighted by atomic mass is 10.2. The summed E-state index contributed by atoms with van der Waals surface area (Å²) < 4.78 is 53.7. The first kappa shape index (κ1) is 27.3. The summed E-state index contributed by atoms with van der Waals surface area (Å²) in [5.74, 6) is -0.0448. The van der Waals surface area contributed by atoms with Gasteiger partial charge in [-0.3, -0.25) is 9.52 Å². The number of halogens is 1. The summed E-state index contributed by atoms with van der Waals surface area (Å²) in [4.78, 5) is 21.5. The van der Waals surface area contributed by atoms with Gasteiger partial charge >= 0.3 is 0 Å². The number of amides is 1. The summed E-state index contributed by atoms with van der Waals surface area (Å²) in [5.41, 5.74) is 1.82. The van der Waals surface area contributed by atoms with E-state index in [0.29, 0.717) is 28.2 Å². The molecule has 41 heavy (non-hydrogen) atoms. The third kappa shape index (κ3) is 6.34. The van der Waals surface area contributed by atoms with E-state index in [4.69, 9.17) is 9.47 Å². The highest BCUT2D eigenvalue weighted by atomic mass is 32.2. The van der Waals surface area contributed by atoms with E-state index < -0.39 is 21.7 Å². The molecule has 12 heteroatoms. The van der Waals surface area contributed by atoms with Crippen molar-refractivity contribution >= 4 is 50.0 Å². The van der Waals surface area contributed by atoms with Crippen LogP contribution in [-0.4, -0.2) is 38.5 Å². The van der Waals surface area contributed by atoms with Gasteiger partial charge in [0.05, 0.1) is 30.1 Å². The largest absolute Gasteiger partial charge is 0.497 e. The highest BCUT2D eigenvalue weighted by molar-refractivity contribution is 7.92. The predicted molar refractivity (Wildman–Crippen MR) is 154 cm³/mol. The molecule has 1 aromatic heterocycles. The Bertz CT molecular complexity index is 1840. The Morgan fingerprint density at radius 1 is 0.756 bits per heavy atom. The summed E-state index contributed by atoms with van der Waals surface area (Å²) in [6.45, 7) is 0. The van der Waals surface area contributed by atoms with Crippen LogP contribution in [0.4, 0.5) is 27.4 Å². The molecule has 1 heterocycles. The number of fused-ring (bicyclic) bond motifs is 1. The lowest BCUT2D eigenvalue weighted by Crippen LogP contribution is -2.17. The van der Waals surface area contributed by atoms with Gasteiger partial charge in [0.2, 0.25) is 0 Å². The Morgan fingerprint density at radius 2 is 1.41 bits per heavy atom. The minimum atomic E-state index is -4.21. The molecule has 0 aliphatic carbocycles. The van der Waals surface area contributed by atoms with E-state index >= 15 is 0 Å². The minimum absolute atomic E-state index is 0.0558. The number of carbonyl (C=O) groups excluding carboxylic acids is 1. The number of anilines is 4. The molecule has 0 aliphatic heterocycles. The summed E-state index contributed by atoms with van der Waals surface area (Å²) >= 11 is 0. The average Bonchev–Trinajstić information content (AvgIpc) is 2.97. The van der Waals surface area contributed by atoms with Crippen LogP contribution >= 0.6 is 0 Å². The molecule has 4 aromatic carbocycles. The first-order valence-corrected chi connectivity index (χ1v) is 13.7. The molecule has 3 N–H and O–H groups in total. The third-order valence-electron chi connectivity index (χ3n) is 5.90. The van der Waals surface area contributed by atoms with Gasteiger partial charge < -0.3 is 20.1 Å². The second kappa shape index (κ2) is 11.5.